The third kappa shape index (κ3) is 2.55. The van der Waals surface area contributed by atoms with Gasteiger partial charge < -0.3 is 5.11 Å². The minimum atomic E-state index is -0.409. The second-order valence-electron chi connectivity index (χ2n) is 5.91. The Morgan fingerprint density at radius 3 is 2.65 bits per heavy atom. The first kappa shape index (κ1) is 13.5. The maximum atomic E-state index is 10.7. The summed E-state index contributed by atoms with van der Waals surface area (Å²) in [6, 6.07) is 5.91. The molecular formula is C17H22N2O. The number of rotatable bonds is 3. The van der Waals surface area contributed by atoms with Crippen LogP contribution in [0.25, 0.3) is 11.0 Å². The molecule has 1 fully saturated rings. The summed E-state index contributed by atoms with van der Waals surface area (Å²) in [5.41, 5.74) is 2.65. The average Bonchev–Trinajstić information content (AvgIpc) is 2.54. The van der Waals surface area contributed by atoms with Crippen LogP contribution in [0.3, 0.4) is 0 Å². The molecule has 0 bridgehead atoms. The lowest BCUT2D eigenvalue weighted by Gasteiger charge is -2.31. The highest BCUT2D eigenvalue weighted by atomic mass is 16.3. The molecule has 0 amide bonds. The van der Waals surface area contributed by atoms with E-state index in [1.54, 1.807) is 12.4 Å². The molecule has 3 nitrogen and oxygen atoms in total. The molecule has 1 aliphatic carbocycles. The van der Waals surface area contributed by atoms with Gasteiger partial charge in [0, 0.05) is 18.0 Å². The first-order valence-corrected chi connectivity index (χ1v) is 7.67. The number of nitrogens with zero attached hydrogens (tertiary/aromatic N) is 2. The fourth-order valence-electron chi connectivity index (χ4n) is 3.42. The van der Waals surface area contributed by atoms with Crippen molar-refractivity contribution in [2.45, 2.75) is 45.1 Å². The Kier molecular flexibility index (Phi) is 3.97. The van der Waals surface area contributed by atoms with E-state index in [2.05, 4.69) is 16.9 Å². The van der Waals surface area contributed by atoms with Gasteiger partial charge in [0.25, 0.3) is 0 Å². The van der Waals surface area contributed by atoms with Crippen LogP contribution in [0.4, 0.5) is 0 Å². The number of para-hydroxylation sites is 1. The molecular weight excluding hydrogens is 248 g/mol. The highest BCUT2D eigenvalue weighted by molar-refractivity contribution is 5.77. The highest BCUT2D eigenvalue weighted by Gasteiger charge is 2.27. The number of hydrogen-bond donors (Lipinski definition) is 1. The summed E-state index contributed by atoms with van der Waals surface area (Å²) in [5.74, 6) is 1.22. The Morgan fingerprint density at radius 1 is 1.15 bits per heavy atom. The van der Waals surface area contributed by atoms with Gasteiger partial charge in [-0.1, -0.05) is 38.3 Å². The summed E-state index contributed by atoms with van der Waals surface area (Å²) in [6.07, 6.45) is 8.99. The largest absolute Gasteiger partial charge is 0.388 e. The van der Waals surface area contributed by atoms with Crippen molar-refractivity contribution < 1.29 is 5.11 Å². The Morgan fingerprint density at radius 2 is 1.90 bits per heavy atom. The van der Waals surface area contributed by atoms with Gasteiger partial charge in [0.15, 0.2) is 0 Å². The summed E-state index contributed by atoms with van der Waals surface area (Å²) >= 11 is 0. The Labute approximate surface area is 120 Å². The molecule has 1 aliphatic rings. The van der Waals surface area contributed by atoms with Crippen molar-refractivity contribution >= 4 is 11.0 Å². The third-order valence-electron chi connectivity index (χ3n) is 4.76. The van der Waals surface area contributed by atoms with Gasteiger partial charge >= 0.3 is 0 Å². The zero-order valence-electron chi connectivity index (χ0n) is 12.0. The van der Waals surface area contributed by atoms with Crippen LogP contribution in [0.2, 0.25) is 0 Å². The van der Waals surface area contributed by atoms with E-state index in [-0.39, 0.29) is 0 Å². The van der Waals surface area contributed by atoms with E-state index in [0.717, 1.165) is 35.4 Å². The fourth-order valence-corrected chi connectivity index (χ4v) is 3.42. The lowest BCUT2D eigenvalue weighted by Crippen LogP contribution is -2.20. The van der Waals surface area contributed by atoms with Crippen LogP contribution in [0.1, 0.15) is 50.7 Å². The van der Waals surface area contributed by atoms with Gasteiger partial charge in [0.2, 0.25) is 0 Å². The van der Waals surface area contributed by atoms with E-state index in [4.69, 9.17) is 0 Å². The predicted molar refractivity (Wildman–Crippen MR) is 80.2 cm³/mol. The maximum Gasteiger partial charge on any atom is 0.0944 e. The number of aliphatic hydroxyl groups is 1. The van der Waals surface area contributed by atoms with E-state index in [1.807, 2.05) is 18.2 Å². The van der Waals surface area contributed by atoms with Crippen molar-refractivity contribution in [2.75, 3.05) is 0 Å². The third-order valence-corrected chi connectivity index (χ3v) is 4.76. The Bertz CT molecular complexity index is 571. The van der Waals surface area contributed by atoms with Crippen LogP contribution in [0, 0.1) is 11.8 Å². The van der Waals surface area contributed by atoms with E-state index in [1.165, 1.54) is 19.3 Å². The quantitative estimate of drug-likeness (QED) is 0.920. The zero-order chi connectivity index (χ0) is 13.9. The van der Waals surface area contributed by atoms with Crippen LogP contribution in [0.5, 0.6) is 0 Å². The first-order chi connectivity index (χ1) is 9.79. The average molecular weight is 270 g/mol. The van der Waals surface area contributed by atoms with Crippen LogP contribution in [-0.2, 0) is 0 Å². The van der Waals surface area contributed by atoms with Crippen LogP contribution < -0.4 is 0 Å². The van der Waals surface area contributed by atoms with E-state index in [0.29, 0.717) is 5.92 Å². The molecule has 3 rings (SSSR count). The number of fused-ring (bicyclic) bond motifs is 1. The van der Waals surface area contributed by atoms with Gasteiger partial charge in [-0.3, -0.25) is 9.97 Å². The molecule has 0 aliphatic heterocycles. The van der Waals surface area contributed by atoms with Crippen LogP contribution in [-0.4, -0.2) is 15.1 Å². The van der Waals surface area contributed by atoms with Crippen molar-refractivity contribution in [3.8, 4) is 0 Å². The molecule has 1 aromatic heterocycles. The second kappa shape index (κ2) is 5.88. The molecule has 20 heavy (non-hydrogen) atoms. The van der Waals surface area contributed by atoms with Crippen molar-refractivity contribution in [3.05, 3.63) is 36.2 Å². The lowest BCUT2D eigenvalue weighted by molar-refractivity contribution is 0.0739. The SMILES string of the molecule is CCC1CCC(C(O)c2cccc3nccnc23)CC1. The topological polar surface area (TPSA) is 46.0 Å². The molecule has 0 saturated heterocycles. The zero-order valence-corrected chi connectivity index (χ0v) is 12.0. The molecule has 1 heterocycles. The van der Waals surface area contributed by atoms with Crippen LogP contribution in [0.15, 0.2) is 30.6 Å². The Hall–Kier alpha value is -1.48. The van der Waals surface area contributed by atoms with Gasteiger partial charge in [-0.05, 0) is 30.7 Å². The fraction of sp³-hybridized carbons (Fsp3) is 0.529. The van der Waals surface area contributed by atoms with E-state index in [9.17, 15) is 5.11 Å². The number of aliphatic hydroxyl groups excluding tert-OH is 1. The summed E-state index contributed by atoms with van der Waals surface area (Å²) < 4.78 is 0. The Balaban J connectivity index is 1.84. The molecule has 1 N–H and O–H groups in total. The predicted octanol–water partition coefficient (Wildman–Crippen LogP) is 3.88. The van der Waals surface area contributed by atoms with Crippen molar-refractivity contribution in [1.82, 2.24) is 9.97 Å². The minimum Gasteiger partial charge on any atom is -0.388 e. The smallest absolute Gasteiger partial charge is 0.0944 e. The second-order valence-corrected chi connectivity index (χ2v) is 5.91. The van der Waals surface area contributed by atoms with Gasteiger partial charge in [-0.25, -0.2) is 0 Å². The molecule has 1 saturated carbocycles. The number of aromatic nitrogens is 2. The summed E-state index contributed by atoms with van der Waals surface area (Å²) in [7, 11) is 0. The minimum absolute atomic E-state index is 0.366. The van der Waals surface area contributed by atoms with E-state index < -0.39 is 6.10 Å². The highest BCUT2D eigenvalue weighted by Crippen LogP contribution is 2.39. The van der Waals surface area contributed by atoms with Gasteiger partial charge in [0.1, 0.15) is 0 Å². The molecule has 106 valence electrons. The molecule has 1 aromatic carbocycles. The molecule has 0 spiro atoms. The van der Waals surface area contributed by atoms with Crippen molar-refractivity contribution in [1.29, 1.82) is 0 Å². The van der Waals surface area contributed by atoms with Gasteiger partial charge in [0.05, 0.1) is 17.1 Å². The van der Waals surface area contributed by atoms with Crippen LogP contribution >= 0.6 is 0 Å². The first-order valence-electron chi connectivity index (χ1n) is 7.67. The van der Waals surface area contributed by atoms with Gasteiger partial charge in [-0.2, -0.15) is 0 Å². The number of hydrogen-bond acceptors (Lipinski definition) is 3. The molecule has 1 unspecified atom stereocenters. The molecule has 2 aromatic rings. The van der Waals surface area contributed by atoms with Crippen molar-refractivity contribution in [2.24, 2.45) is 11.8 Å². The summed E-state index contributed by atoms with van der Waals surface area (Å²) in [4.78, 5) is 8.73. The standard InChI is InChI=1S/C17H22N2O/c1-2-12-6-8-13(9-7-12)17(20)14-4-3-5-15-16(14)19-11-10-18-15/h3-5,10-13,17,20H,2,6-9H2,1H3. The summed E-state index contributed by atoms with van der Waals surface area (Å²) in [6.45, 7) is 2.27. The lowest BCUT2D eigenvalue weighted by atomic mass is 9.77. The number of benzene rings is 1. The molecule has 0 radical (unpaired) electrons. The maximum absolute atomic E-state index is 10.7. The normalized spacial score (nSPS) is 24.7. The molecule has 1 atom stereocenters. The van der Waals surface area contributed by atoms with Gasteiger partial charge in [-0.15, -0.1) is 0 Å². The van der Waals surface area contributed by atoms with E-state index >= 15 is 0 Å². The summed E-state index contributed by atoms with van der Waals surface area (Å²) in [5, 5.41) is 10.7. The molecule has 3 heteroatoms. The monoisotopic (exact) mass is 270 g/mol. The van der Waals surface area contributed by atoms with Crippen molar-refractivity contribution in [3.63, 3.8) is 0 Å².